The van der Waals surface area contributed by atoms with Crippen molar-refractivity contribution in [3.05, 3.63) is 0 Å². The Labute approximate surface area is 92.0 Å². The maximum absolute atomic E-state index is 11.1. The van der Waals surface area contributed by atoms with Gasteiger partial charge >= 0.3 is 0 Å². The standard InChI is InChI=1S/C11H23N3O/c1-3-4-9-5-6-14(7-9)8-11(2,13)10(12)15/h9H,3-8,13H2,1-2H3,(H2,12,15). The van der Waals surface area contributed by atoms with Crippen LogP contribution in [0.4, 0.5) is 0 Å². The fourth-order valence-corrected chi connectivity index (χ4v) is 2.24. The lowest BCUT2D eigenvalue weighted by atomic mass is 10.0. The molecule has 1 aliphatic heterocycles. The number of carbonyl (C=O) groups is 1. The normalized spacial score (nSPS) is 26.5. The van der Waals surface area contributed by atoms with Gasteiger partial charge in [-0.2, -0.15) is 0 Å². The zero-order valence-electron chi connectivity index (χ0n) is 9.83. The van der Waals surface area contributed by atoms with E-state index in [9.17, 15) is 4.79 Å². The van der Waals surface area contributed by atoms with Crippen molar-refractivity contribution in [2.75, 3.05) is 19.6 Å². The Morgan fingerprint density at radius 2 is 2.27 bits per heavy atom. The maximum Gasteiger partial charge on any atom is 0.238 e. The van der Waals surface area contributed by atoms with Crippen LogP contribution < -0.4 is 11.5 Å². The minimum absolute atomic E-state index is 0.415. The van der Waals surface area contributed by atoms with Gasteiger partial charge in [-0.25, -0.2) is 0 Å². The monoisotopic (exact) mass is 213 g/mol. The van der Waals surface area contributed by atoms with Crippen LogP contribution in [0.2, 0.25) is 0 Å². The van der Waals surface area contributed by atoms with E-state index in [1.165, 1.54) is 19.3 Å². The highest BCUT2D eigenvalue weighted by molar-refractivity contribution is 5.84. The van der Waals surface area contributed by atoms with Crippen molar-refractivity contribution in [3.8, 4) is 0 Å². The minimum Gasteiger partial charge on any atom is -0.368 e. The average Bonchev–Trinajstić information content (AvgIpc) is 2.52. The second-order valence-electron chi connectivity index (χ2n) is 4.96. The van der Waals surface area contributed by atoms with E-state index in [2.05, 4.69) is 11.8 Å². The number of nitrogens with two attached hydrogens (primary N) is 2. The summed E-state index contributed by atoms with van der Waals surface area (Å²) in [6.45, 7) is 6.61. The third-order valence-corrected chi connectivity index (χ3v) is 3.18. The van der Waals surface area contributed by atoms with E-state index in [4.69, 9.17) is 11.5 Å². The van der Waals surface area contributed by atoms with Crippen LogP contribution in [0, 0.1) is 5.92 Å². The average molecular weight is 213 g/mol. The Bertz CT molecular complexity index is 228. The molecule has 0 saturated carbocycles. The molecule has 0 radical (unpaired) electrons. The van der Waals surface area contributed by atoms with E-state index in [1.54, 1.807) is 6.92 Å². The summed E-state index contributed by atoms with van der Waals surface area (Å²) >= 11 is 0. The molecule has 1 fully saturated rings. The number of amides is 1. The smallest absolute Gasteiger partial charge is 0.238 e. The lowest BCUT2D eigenvalue weighted by Crippen LogP contribution is -2.56. The van der Waals surface area contributed by atoms with E-state index in [-0.39, 0.29) is 0 Å². The van der Waals surface area contributed by atoms with Crippen LogP contribution in [0.15, 0.2) is 0 Å². The van der Waals surface area contributed by atoms with Crippen molar-refractivity contribution in [1.29, 1.82) is 0 Å². The highest BCUT2D eigenvalue weighted by atomic mass is 16.1. The first kappa shape index (κ1) is 12.5. The first-order valence-electron chi connectivity index (χ1n) is 5.77. The van der Waals surface area contributed by atoms with Crippen LogP contribution in [0.3, 0.4) is 0 Å². The highest BCUT2D eigenvalue weighted by Crippen LogP contribution is 2.21. The summed E-state index contributed by atoms with van der Waals surface area (Å²) in [7, 11) is 0. The van der Waals surface area contributed by atoms with Crippen molar-refractivity contribution in [2.45, 2.75) is 38.6 Å². The number of likely N-dealkylation sites (tertiary alicyclic amines) is 1. The van der Waals surface area contributed by atoms with Crippen molar-refractivity contribution in [2.24, 2.45) is 17.4 Å². The Kier molecular flexibility index (Phi) is 4.11. The molecule has 0 spiro atoms. The number of rotatable bonds is 5. The molecule has 0 aliphatic carbocycles. The summed E-state index contributed by atoms with van der Waals surface area (Å²) in [6.07, 6.45) is 3.73. The molecule has 2 unspecified atom stereocenters. The van der Waals surface area contributed by atoms with E-state index in [0.717, 1.165) is 19.0 Å². The molecule has 1 heterocycles. The van der Waals surface area contributed by atoms with Crippen LogP contribution in [-0.4, -0.2) is 36.0 Å². The third-order valence-electron chi connectivity index (χ3n) is 3.18. The quantitative estimate of drug-likeness (QED) is 0.690. The molecule has 4 nitrogen and oxygen atoms in total. The summed E-state index contributed by atoms with van der Waals surface area (Å²) in [5.74, 6) is 0.361. The molecule has 2 atom stereocenters. The van der Waals surface area contributed by atoms with Crippen molar-refractivity contribution in [3.63, 3.8) is 0 Å². The van der Waals surface area contributed by atoms with Crippen molar-refractivity contribution >= 4 is 5.91 Å². The largest absolute Gasteiger partial charge is 0.368 e. The lowest BCUT2D eigenvalue weighted by molar-refractivity contribution is -0.123. The fraction of sp³-hybridized carbons (Fsp3) is 0.909. The van der Waals surface area contributed by atoms with Crippen molar-refractivity contribution in [1.82, 2.24) is 4.90 Å². The summed E-state index contributed by atoms with van der Waals surface area (Å²) in [6, 6.07) is 0. The maximum atomic E-state index is 11.1. The molecule has 0 aromatic rings. The predicted octanol–water partition coefficient (Wildman–Crippen LogP) is 0.311. The molecule has 1 rings (SSSR count). The fourth-order valence-electron chi connectivity index (χ4n) is 2.24. The van der Waals surface area contributed by atoms with E-state index in [0.29, 0.717) is 6.54 Å². The van der Waals surface area contributed by atoms with Gasteiger partial charge in [0, 0.05) is 13.1 Å². The number of primary amides is 1. The number of nitrogens with zero attached hydrogens (tertiary/aromatic N) is 1. The highest BCUT2D eigenvalue weighted by Gasteiger charge is 2.31. The zero-order valence-corrected chi connectivity index (χ0v) is 9.83. The summed E-state index contributed by atoms with van der Waals surface area (Å²) in [5, 5.41) is 0. The Morgan fingerprint density at radius 1 is 1.60 bits per heavy atom. The molecular formula is C11H23N3O. The zero-order chi connectivity index (χ0) is 11.5. The molecule has 4 N–H and O–H groups in total. The van der Waals surface area contributed by atoms with Gasteiger partial charge in [0.2, 0.25) is 5.91 Å². The molecule has 88 valence electrons. The lowest BCUT2D eigenvalue weighted by Gasteiger charge is -2.27. The van der Waals surface area contributed by atoms with Crippen LogP contribution in [0.5, 0.6) is 0 Å². The van der Waals surface area contributed by atoms with Crippen LogP contribution in [-0.2, 0) is 4.79 Å². The molecule has 0 aromatic heterocycles. The molecular weight excluding hydrogens is 190 g/mol. The van der Waals surface area contributed by atoms with E-state index in [1.807, 2.05) is 0 Å². The third kappa shape index (κ3) is 3.47. The molecule has 1 aliphatic rings. The summed E-state index contributed by atoms with van der Waals surface area (Å²) in [5.41, 5.74) is 10.2. The molecule has 0 bridgehead atoms. The number of carbonyl (C=O) groups excluding carboxylic acids is 1. The van der Waals surface area contributed by atoms with Crippen LogP contribution in [0.1, 0.15) is 33.1 Å². The Balaban J connectivity index is 2.38. The van der Waals surface area contributed by atoms with Crippen LogP contribution in [0.25, 0.3) is 0 Å². The molecule has 1 saturated heterocycles. The van der Waals surface area contributed by atoms with E-state index >= 15 is 0 Å². The first-order valence-corrected chi connectivity index (χ1v) is 5.77. The van der Waals surface area contributed by atoms with Gasteiger partial charge < -0.3 is 16.4 Å². The second kappa shape index (κ2) is 4.94. The predicted molar refractivity (Wildman–Crippen MR) is 61.2 cm³/mol. The topological polar surface area (TPSA) is 72.3 Å². The van der Waals surface area contributed by atoms with Gasteiger partial charge in [0.05, 0.1) is 0 Å². The van der Waals surface area contributed by atoms with Gasteiger partial charge in [-0.3, -0.25) is 4.79 Å². The van der Waals surface area contributed by atoms with Crippen molar-refractivity contribution < 1.29 is 4.79 Å². The van der Waals surface area contributed by atoms with Gasteiger partial charge in [-0.1, -0.05) is 13.3 Å². The second-order valence-corrected chi connectivity index (χ2v) is 4.96. The van der Waals surface area contributed by atoms with Gasteiger partial charge in [0.25, 0.3) is 0 Å². The van der Waals surface area contributed by atoms with Gasteiger partial charge in [-0.05, 0) is 32.2 Å². The molecule has 4 heteroatoms. The number of hydrogen-bond acceptors (Lipinski definition) is 3. The summed E-state index contributed by atoms with van der Waals surface area (Å²) < 4.78 is 0. The Hall–Kier alpha value is -0.610. The Morgan fingerprint density at radius 3 is 2.80 bits per heavy atom. The minimum atomic E-state index is -0.888. The van der Waals surface area contributed by atoms with Gasteiger partial charge in [-0.15, -0.1) is 0 Å². The molecule has 1 amide bonds. The summed E-state index contributed by atoms with van der Waals surface area (Å²) in [4.78, 5) is 13.3. The van der Waals surface area contributed by atoms with E-state index < -0.39 is 11.4 Å². The van der Waals surface area contributed by atoms with Gasteiger partial charge in [0.15, 0.2) is 0 Å². The van der Waals surface area contributed by atoms with Crippen LogP contribution >= 0.6 is 0 Å². The molecule has 15 heavy (non-hydrogen) atoms. The number of hydrogen-bond donors (Lipinski definition) is 2. The van der Waals surface area contributed by atoms with Gasteiger partial charge in [0.1, 0.15) is 5.54 Å². The SMILES string of the molecule is CCCC1CCN(CC(C)(N)C(N)=O)C1. The molecule has 0 aromatic carbocycles. The first-order chi connectivity index (χ1) is 6.95.